The van der Waals surface area contributed by atoms with E-state index in [9.17, 15) is 0 Å². The Balaban J connectivity index is 1.78. The second-order valence-corrected chi connectivity index (χ2v) is 8.84. The summed E-state index contributed by atoms with van der Waals surface area (Å²) in [6.07, 6.45) is 2.38. The SMILES string of the molecule is CC[C@H](OCOC)c1ccccc1[Se][C@H]1CCO[C@@H]1c1ccccc1. The van der Waals surface area contributed by atoms with Crippen molar-refractivity contribution < 1.29 is 14.2 Å². The van der Waals surface area contributed by atoms with Crippen LogP contribution in [0, 0.1) is 0 Å². The van der Waals surface area contributed by atoms with Crippen molar-refractivity contribution in [3.63, 3.8) is 0 Å². The Kier molecular flexibility index (Phi) is 7.09. The first kappa shape index (κ1) is 18.6. The third-order valence-electron chi connectivity index (χ3n) is 4.47. The van der Waals surface area contributed by atoms with Gasteiger partial charge >= 0.3 is 157 Å². The molecule has 1 heterocycles. The molecule has 25 heavy (non-hydrogen) atoms. The molecule has 2 aromatic rings. The normalized spacial score (nSPS) is 21.4. The van der Waals surface area contributed by atoms with Crippen molar-refractivity contribution in [3.05, 3.63) is 65.7 Å². The van der Waals surface area contributed by atoms with Gasteiger partial charge in [-0.2, -0.15) is 0 Å². The maximum atomic E-state index is 6.08. The molecule has 0 saturated carbocycles. The molecule has 0 N–H and O–H groups in total. The minimum atomic E-state index is 0.0931. The summed E-state index contributed by atoms with van der Waals surface area (Å²) in [5, 5.41) is 0. The Morgan fingerprint density at radius 1 is 1.12 bits per heavy atom. The monoisotopic (exact) mass is 406 g/mol. The molecule has 1 fully saturated rings. The zero-order valence-electron chi connectivity index (χ0n) is 14.9. The van der Waals surface area contributed by atoms with E-state index in [1.54, 1.807) is 7.11 Å². The van der Waals surface area contributed by atoms with Crippen LogP contribution < -0.4 is 4.46 Å². The number of hydrogen-bond donors (Lipinski definition) is 0. The molecule has 2 aromatic carbocycles. The molecule has 0 unspecified atom stereocenters. The summed E-state index contributed by atoms with van der Waals surface area (Å²) in [4.78, 5) is 0.566. The number of rotatable bonds is 8. The topological polar surface area (TPSA) is 27.7 Å². The summed E-state index contributed by atoms with van der Waals surface area (Å²) in [6, 6.07) is 19.3. The van der Waals surface area contributed by atoms with Gasteiger partial charge in [-0.1, -0.05) is 0 Å². The van der Waals surface area contributed by atoms with Crippen LogP contribution in [0.5, 0.6) is 0 Å². The zero-order valence-corrected chi connectivity index (χ0v) is 16.6. The van der Waals surface area contributed by atoms with Gasteiger partial charge in [-0.3, -0.25) is 0 Å². The number of hydrogen-bond acceptors (Lipinski definition) is 3. The Morgan fingerprint density at radius 2 is 1.88 bits per heavy atom. The van der Waals surface area contributed by atoms with Crippen molar-refractivity contribution in [1.82, 2.24) is 0 Å². The van der Waals surface area contributed by atoms with Gasteiger partial charge in [0.2, 0.25) is 0 Å². The third-order valence-corrected chi connectivity index (χ3v) is 7.43. The van der Waals surface area contributed by atoms with Crippen LogP contribution in [-0.4, -0.2) is 35.5 Å². The molecule has 3 atom stereocenters. The van der Waals surface area contributed by atoms with Crippen LogP contribution in [0.25, 0.3) is 0 Å². The summed E-state index contributed by atoms with van der Waals surface area (Å²) < 4.78 is 18.5. The van der Waals surface area contributed by atoms with E-state index >= 15 is 0 Å². The zero-order chi connectivity index (χ0) is 17.5. The van der Waals surface area contributed by atoms with Gasteiger partial charge in [-0.25, -0.2) is 0 Å². The quantitative estimate of drug-likeness (QED) is 0.490. The van der Waals surface area contributed by atoms with Crippen molar-refractivity contribution in [1.29, 1.82) is 0 Å². The first-order valence-electron chi connectivity index (χ1n) is 8.86. The first-order valence-corrected chi connectivity index (χ1v) is 10.7. The van der Waals surface area contributed by atoms with Gasteiger partial charge in [-0.05, 0) is 0 Å². The van der Waals surface area contributed by atoms with Gasteiger partial charge in [0.15, 0.2) is 0 Å². The molecular weight excluding hydrogens is 379 g/mol. The van der Waals surface area contributed by atoms with Gasteiger partial charge in [0.1, 0.15) is 0 Å². The van der Waals surface area contributed by atoms with Crippen LogP contribution in [0.3, 0.4) is 0 Å². The van der Waals surface area contributed by atoms with Gasteiger partial charge in [-0.15, -0.1) is 0 Å². The molecule has 0 amide bonds. The standard InChI is InChI=1S/C21H26O3Se/c1-3-18(24-15-22-2)17-11-7-8-12-19(17)25-20-13-14-23-21(20)16-9-5-4-6-10-16/h4-12,18,20-21H,3,13-15H2,1-2H3/t18-,20-,21+/m0/s1. The molecule has 3 rings (SSSR count). The van der Waals surface area contributed by atoms with E-state index in [1.807, 2.05) is 0 Å². The van der Waals surface area contributed by atoms with Crippen LogP contribution in [0.15, 0.2) is 54.6 Å². The van der Waals surface area contributed by atoms with E-state index < -0.39 is 0 Å². The number of ether oxygens (including phenoxy) is 3. The van der Waals surface area contributed by atoms with Crippen LogP contribution >= 0.6 is 0 Å². The van der Waals surface area contributed by atoms with Crippen molar-refractivity contribution in [3.8, 4) is 0 Å². The Labute approximate surface area is 156 Å². The molecule has 1 aliphatic heterocycles. The first-order chi connectivity index (χ1) is 12.3. The second-order valence-electron chi connectivity index (χ2n) is 6.15. The molecule has 134 valence electrons. The molecule has 0 aromatic heterocycles. The van der Waals surface area contributed by atoms with E-state index in [2.05, 4.69) is 61.5 Å². The fourth-order valence-corrected chi connectivity index (χ4v) is 6.16. The second kappa shape index (κ2) is 9.51. The van der Waals surface area contributed by atoms with E-state index in [0.717, 1.165) is 19.4 Å². The van der Waals surface area contributed by atoms with Crippen LogP contribution in [-0.2, 0) is 14.2 Å². The molecule has 0 bridgehead atoms. The molecule has 0 aliphatic carbocycles. The summed E-state index contributed by atoms with van der Waals surface area (Å²) in [5.41, 5.74) is 2.60. The minimum absolute atomic E-state index is 0.0931. The van der Waals surface area contributed by atoms with Crippen LogP contribution in [0.1, 0.15) is 43.1 Å². The van der Waals surface area contributed by atoms with E-state index in [-0.39, 0.29) is 12.2 Å². The molecule has 1 aliphatic rings. The van der Waals surface area contributed by atoms with Crippen LogP contribution in [0.4, 0.5) is 0 Å². The number of methoxy groups -OCH3 is 1. The van der Waals surface area contributed by atoms with E-state index in [0.29, 0.717) is 26.6 Å². The van der Waals surface area contributed by atoms with Gasteiger partial charge < -0.3 is 0 Å². The van der Waals surface area contributed by atoms with Crippen LogP contribution in [0.2, 0.25) is 4.82 Å². The van der Waals surface area contributed by atoms with Crippen molar-refractivity contribution >= 4 is 19.4 Å². The third kappa shape index (κ3) is 4.72. The Bertz CT molecular complexity index is 647. The van der Waals surface area contributed by atoms with Gasteiger partial charge in [0.25, 0.3) is 0 Å². The predicted octanol–water partition coefficient (Wildman–Crippen LogP) is 4.04. The summed E-state index contributed by atoms with van der Waals surface area (Å²) >= 11 is 0.345. The average Bonchev–Trinajstić information content (AvgIpc) is 3.12. The Morgan fingerprint density at radius 3 is 2.64 bits per heavy atom. The van der Waals surface area contributed by atoms with Crippen molar-refractivity contribution in [2.45, 2.75) is 36.8 Å². The van der Waals surface area contributed by atoms with E-state index in [1.165, 1.54) is 15.6 Å². The number of benzene rings is 2. The summed E-state index contributed by atoms with van der Waals surface area (Å²) in [7, 11) is 1.67. The molecule has 4 heteroatoms. The van der Waals surface area contributed by atoms with Gasteiger partial charge in [0, 0.05) is 0 Å². The summed E-state index contributed by atoms with van der Waals surface area (Å²) in [6.45, 7) is 3.35. The fraction of sp³-hybridized carbons (Fsp3) is 0.429. The van der Waals surface area contributed by atoms with Crippen molar-refractivity contribution in [2.24, 2.45) is 0 Å². The van der Waals surface area contributed by atoms with Gasteiger partial charge in [0.05, 0.1) is 0 Å². The van der Waals surface area contributed by atoms with Crippen molar-refractivity contribution in [2.75, 3.05) is 20.5 Å². The van der Waals surface area contributed by atoms with E-state index in [4.69, 9.17) is 14.2 Å². The molecule has 3 nitrogen and oxygen atoms in total. The average molecular weight is 405 g/mol. The molecule has 0 radical (unpaired) electrons. The maximum absolute atomic E-state index is 6.08. The Hall–Kier alpha value is -1.16. The summed E-state index contributed by atoms with van der Waals surface area (Å²) in [5.74, 6) is 0. The molecular formula is C21H26O3Se. The molecule has 0 spiro atoms. The fourth-order valence-electron chi connectivity index (χ4n) is 3.24. The molecule has 1 saturated heterocycles. The predicted molar refractivity (Wildman–Crippen MR) is 101 cm³/mol.